The van der Waals surface area contributed by atoms with Crippen LogP contribution in [0.25, 0.3) is 11.4 Å². The van der Waals surface area contributed by atoms with Gasteiger partial charge in [-0.25, -0.2) is 4.68 Å². The molecule has 172 valence electrons. The fourth-order valence-electron chi connectivity index (χ4n) is 2.95. The molecule has 0 aliphatic rings. The molecule has 0 radical (unpaired) electrons. The number of nitrogens with two attached hydrogens (primary N) is 1. The molecule has 1 aromatic carbocycles. The zero-order valence-corrected chi connectivity index (χ0v) is 18.7. The van der Waals surface area contributed by atoms with Gasteiger partial charge in [0.2, 0.25) is 11.1 Å². The van der Waals surface area contributed by atoms with Crippen molar-refractivity contribution in [3.63, 3.8) is 0 Å². The molecular formula is C21H24F3N5O2S. The topological polar surface area (TPSA) is 90.2 Å². The number of carbonyl (C=O) groups is 1. The maximum absolute atomic E-state index is 12.9. The highest BCUT2D eigenvalue weighted by molar-refractivity contribution is 7.99. The number of aromatic nitrogens is 3. The van der Waals surface area contributed by atoms with E-state index in [1.165, 1.54) is 17.0 Å². The summed E-state index contributed by atoms with van der Waals surface area (Å²) in [5, 5.41) is 8.27. The zero-order chi connectivity index (χ0) is 23.5. The molecule has 32 heavy (non-hydrogen) atoms. The number of thioether (sulfide) groups is 1. The van der Waals surface area contributed by atoms with Crippen LogP contribution in [0.15, 0.2) is 52.2 Å². The molecule has 2 aromatic heterocycles. The summed E-state index contributed by atoms with van der Waals surface area (Å²) in [5.74, 6) is 5.73. The number of furan rings is 1. The van der Waals surface area contributed by atoms with Gasteiger partial charge in [0.15, 0.2) is 5.82 Å². The summed E-state index contributed by atoms with van der Waals surface area (Å²) in [4.78, 5) is 13.2. The normalized spacial score (nSPS) is 12.2. The lowest BCUT2D eigenvalue weighted by Gasteiger charge is -2.22. The fraction of sp³-hybridized carbons (Fsp3) is 0.381. The number of hydrogen-bond acceptors (Lipinski definition) is 6. The largest absolute Gasteiger partial charge is 0.467 e. The fourth-order valence-corrected chi connectivity index (χ4v) is 3.71. The molecule has 0 atom stereocenters. The molecular weight excluding hydrogens is 443 g/mol. The van der Waals surface area contributed by atoms with Gasteiger partial charge in [0.05, 0.1) is 18.6 Å². The van der Waals surface area contributed by atoms with E-state index in [0.29, 0.717) is 10.7 Å². The summed E-state index contributed by atoms with van der Waals surface area (Å²) in [7, 11) is 0. The Morgan fingerprint density at radius 2 is 1.84 bits per heavy atom. The van der Waals surface area contributed by atoms with Crippen LogP contribution < -0.4 is 5.84 Å². The lowest BCUT2D eigenvalue weighted by Crippen LogP contribution is -2.39. The Bertz CT molecular complexity index is 1040. The highest BCUT2D eigenvalue weighted by Crippen LogP contribution is 2.27. The Morgan fingerprint density at radius 3 is 2.41 bits per heavy atom. The second-order valence-corrected chi connectivity index (χ2v) is 9.18. The Kier molecular flexibility index (Phi) is 6.87. The van der Waals surface area contributed by atoms with Crippen LogP contribution in [-0.2, 0) is 16.8 Å². The number of halogens is 3. The van der Waals surface area contributed by atoms with Gasteiger partial charge >= 0.3 is 6.18 Å². The molecule has 0 bridgehead atoms. The van der Waals surface area contributed by atoms with Gasteiger partial charge < -0.3 is 15.2 Å². The summed E-state index contributed by atoms with van der Waals surface area (Å²) in [5.41, 5.74) is 1.88. The third-order valence-corrected chi connectivity index (χ3v) is 5.58. The summed E-state index contributed by atoms with van der Waals surface area (Å²) in [6, 6.07) is 10.8. The first-order valence-electron chi connectivity index (χ1n) is 9.75. The van der Waals surface area contributed by atoms with E-state index in [1.54, 1.807) is 6.07 Å². The van der Waals surface area contributed by atoms with Gasteiger partial charge in [-0.2, -0.15) is 13.2 Å². The SMILES string of the molecule is CC(C)(C)c1ccc(-c2nnc(SCC(=O)N(Cc3ccco3)CC(F)(F)F)n2N)cc1. The molecule has 2 N–H and O–H groups in total. The predicted octanol–water partition coefficient (Wildman–Crippen LogP) is 4.23. The molecule has 11 heteroatoms. The third-order valence-electron chi connectivity index (χ3n) is 4.65. The van der Waals surface area contributed by atoms with Crippen molar-refractivity contribution in [2.45, 2.75) is 44.1 Å². The summed E-state index contributed by atoms with van der Waals surface area (Å²) in [6.07, 6.45) is -3.19. The first-order chi connectivity index (χ1) is 14.9. The van der Waals surface area contributed by atoms with E-state index in [2.05, 4.69) is 31.0 Å². The van der Waals surface area contributed by atoms with Crippen molar-refractivity contribution in [3.8, 4) is 11.4 Å². The van der Waals surface area contributed by atoms with E-state index >= 15 is 0 Å². The molecule has 0 saturated heterocycles. The van der Waals surface area contributed by atoms with Gasteiger partial charge in [-0.1, -0.05) is 56.8 Å². The Hall–Kier alpha value is -2.95. The van der Waals surface area contributed by atoms with Gasteiger partial charge in [0.1, 0.15) is 12.3 Å². The number of benzene rings is 1. The molecule has 3 rings (SSSR count). The van der Waals surface area contributed by atoms with Crippen LogP contribution >= 0.6 is 11.8 Å². The second kappa shape index (κ2) is 9.27. The molecule has 0 aliphatic heterocycles. The first-order valence-corrected chi connectivity index (χ1v) is 10.7. The van der Waals surface area contributed by atoms with Crippen molar-refractivity contribution in [1.29, 1.82) is 0 Å². The van der Waals surface area contributed by atoms with E-state index in [-0.39, 0.29) is 28.6 Å². The van der Waals surface area contributed by atoms with E-state index in [9.17, 15) is 18.0 Å². The highest BCUT2D eigenvalue weighted by Gasteiger charge is 2.33. The minimum Gasteiger partial charge on any atom is -0.467 e. The van der Waals surface area contributed by atoms with Crippen molar-refractivity contribution in [3.05, 3.63) is 54.0 Å². The van der Waals surface area contributed by atoms with Gasteiger partial charge in [-0.05, 0) is 23.1 Å². The number of nitrogen functional groups attached to an aromatic ring is 1. The second-order valence-electron chi connectivity index (χ2n) is 8.24. The number of alkyl halides is 3. The van der Waals surface area contributed by atoms with Crippen LogP contribution in [-0.4, -0.2) is 44.2 Å². The molecule has 7 nitrogen and oxygen atoms in total. The quantitative estimate of drug-likeness (QED) is 0.413. The molecule has 2 heterocycles. The van der Waals surface area contributed by atoms with E-state index in [4.69, 9.17) is 10.3 Å². The molecule has 3 aromatic rings. The highest BCUT2D eigenvalue weighted by atomic mass is 32.2. The van der Waals surface area contributed by atoms with Crippen molar-refractivity contribution < 1.29 is 22.4 Å². The van der Waals surface area contributed by atoms with Crippen molar-refractivity contribution in [1.82, 2.24) is 19.8 Å². The van der Waals surface area contributed by atoms with Gasteiger partial charge in [-0.3, -0.25) is 4.79 Å². The van der Waals surface area contributed by atoms with E-state index < -0.39 is 18.6 Å². The van der Waals surface area contributed by atoms with Gasteiger partial charge in [0.25, 0.3) is 0 Å². The molecule has 0 saturated carbocycles. The molecule has 0 aliphatic carbocycles. The molecule has 0 spiro atoms. The molecule has 0 unspecified atom stereocenters. The number of hydrogen-bond donors (Lipinski definition) is 1. The Balaban J connectivity index is 1.69. The minimum absolute atomic E-state index is 0.00573. The van der Waals surface area contributed by atoms with Crippen LogP contribution in [0.2, 0.25) is 0 Å². The smallest absolute Gasteiger partial charge is 0.406 e. The standard InChI is InChI=1S/C21H24F3N5O2S/c1-20(2,3)15-8-6-14(7-9-15)18-26-27-19(29(18)25)32-12-17(30)28(13-21(22,23)24)11-16-5-4-10-31-16/h4-10H,11-13,25H2,1-3H3. The average Bonchev–Trinajstić information content (AvgIpc) is 3.34. The van der Waals surface area contributed by atoms with Gasteiger partial charge in [-0.15, -0.1) is 10.2 Å². The number of carbonyl (C=O) groups excluding carboxylic acids is 1. The molecule has 1 amide bonds. The van der Waals surface area contributed by atoms with E-state index in [0.717, 1.165) is 22.9 Å². The summed E-state index contributed by atoms with van der Waals surface area (Å²) < 4.78 is 45.1. The predicted molar refractivity (Wildman–Crippen MR) is 115 cm³/mol. The van der Waals surface area contributed by atoms with Crippen LogP contribution in [0.4, 0.5) is 13.2 Å². The summed E-state index contributed by atoms with van der Waals surface area (Å²) >= 11 is 0.920. The van der Waals surface area contributed by atoms with Crippen LogP contribution in [0.3, 0.4) is 0 Å². The van der Waals surface area contributed by atoms with Crippen molar-refractivity contribution in [2.24, 2.45) is 0 Å². The van der Waals surface area contributed by atoms with Gasteiger partial charge in [0, 0.05) is 5.56 Å². The summed E-state index contributed by atoms with van der Waals surface area (Å²) in [6.45, 7) is 4.65. The van der Waals surface area contributed by atoms with Crippen LogP contribution in [0, 0.1) is 0 Å². The maximum atomic E-state index is 12.9. The lowest BCUT2D eigenvalue weighted by atomic mass is 9.87. The van der Waals surface area contributed by atoms with Crippen LogP contribution in [0.1, 0.15) is 32.1 Å². The zero-order valence-electron chi connectivity index (χ0n) is 17.9. The first kappa shape index (κ1) is 23.7. The van der Waals surface area contributed by atoms with Crippen LogP contribution in [0.5, 0.6) is 0 Å². The molecule has 0 fully saturated rings. The number of rotatable bonds is 7. The maximum Gasteiger partial charge on any atom is 0.406 e. The number of amides is 1. The van der Waals surface area contributed by atoms with Crippen molar-refractivity contribution >= 4 is 17.7 Å². The Morgan fingerprint density at radius 1 is 1.16 bits per heavy atom. The Labute approximate surface area is 187 Å². The minimum atomic E-state index is -4.53. The monoisotopic (exact) mass is 467 g/mol. The van der Waals surface area contributed by atoms with Crippen molar-refractivity contribution in [2.75, 3.05) is 18.1 Å². The lowest BCUT2D eigenvalue weighted by molar-refractivity contribution is -0.161. The average molecular weight is 468 g/mol. The van der Waals surface area contributed by atoms with E-state index in [1.807, 2.05) is 24.3 Å². The number of nitrogens with zero attached hydrogens (tertiary/aromatic N) is 4. The third kappa shape index (κ3) is 6.06.